The highest BCUT2D eigenvalue weighted by Crippen LogP contribution is 2.18. The Labute approximate surface area is 106 Å². The van der Waals surface area contributed by atoms with E-state index in [-0.39, 0.29) is 5.92 Å². The fraction of sp³-hybridized carbons (Fsp3) is 0.750. The molecule has 2 aliphatic heterocycles. The summed E-state index contributed by atoms with van der Waals surface area (Å²) in [5.74, 6) is -2.09. The summed E-state index contributed by atoms with van der Waals surface area (Å²) >= 11 is 0. The number of carboxylic acid groups (broad SMARTS) is 1. The van der Waals surface area contributed by atoms with E-state index in [0.717, 1.165) is 12.8 Å². The Hall–Kier alpha value is -1.59. The molecule has 2 heterocycles. The van der Waals surface area contributed by atoms with E-state index >= 15 is 0 Å². The first-order valence-corrected chi connectivity index (χ1v) is 6.40. The first kappa shape index (κ1) is 12.9. The molecule has 2 saturated heterocycles. The van der Waals surface area contributed by atoms with Crippen molar-refractivity contribution in [3.63, 3.8) is 0 Å². The van der Waals surface area contributed by atoms with Crippen molar-refractivity contribution in [1.82, 2.24) is 9.80 Å². The minimum atomic E-state index is -0.812. The van der Waals surface area contributed by atoms with Gasteiger partial charge < -0.3 is 14.9 Å². The molecule has 6 nitrogen and oxygen atoms in total. The molecule has 6 heteroatoms. The fourth-order valence-electron chi connectivity index (χ4n) is 2.52. The summed E-state index contributed by atoms with van der Waals surface area (Å²) in [5, 5.41) is 8.87. The summed E-state index contributed by atoms with van der Waals surface area (Å²) in [6, 6.07) is 0. The van der Waals surface area contributed by atoms with Crippen molar-refractivity contribution < 1.29 is 19.5 Å². The van der Waals surface area contributed by atoms with Crippen molar-refractivity contribution in [2.45, 2.75) is 25.7 Å². The highest BCUT2D eigenvalue weighted by atomic mass is 16.4. The Bertz CT molecular complexity index is 355. The van der Waals surface area contributed by atoms with E-state index < -0.39 is 17.8 Å². The van der Waals surface area contributed by atoms with E-state index in [0.29, 0.717) is 39.0 Å². The third-order valence-corrected chi connectivity index (χ3v) is 3.71. The molecular weight excluding hydrogens is 236 g/mol. The molecule has 0 bridgehead atoms. The lowest BCUT2D eigenvalue weighted by Crippen LogP contribution is -2.47. The predicted molar refractivity (Wildman–Crippen MR) is 62.8 cm³/mol. The Morgan fingerprint density at radius 3 is 1.72 bits per heavy atom. The van der Waals surface area contributed by atoms with Crippen molar-refractivity contribution in [3.05, 3.63) is 0 Å². The molecule has 0 atom stereocenters. The molecule has 18 heavy (non-hydrogen) atoms. The Morgan fingerprint density at radius 1 is 0.833 bits per heavy atom. The number of aliphatic carboxylic acids is 1. The summed E-state index contributed by atoms with van der Waals surface area (Å²) in [7, 11) is 0. The van der Waals surface area contributed by atoms with Crippen molar-refractivity contribution in [3.8, 4) is 0 Å². The maximum absolute atomic E-state index is 11.9. The van der Waals surface area contributed by atoms with Gasteiger partial charge >= 0.3 is 17.8 Å². The number of nitrogens with zero attached hydrogens (tertiary/aromatic N) is 2. The van der Waals surface area contributed by atoms with Gasteiger partial charge in [0.25, 0.3) is 0 Å². The lowest BCUT2D eigenvalue weighted by atomic mass is 9.97. The number of hydrogen-bond acceptors (Lipinski definition) is 3. The number of rotatable bonds is 1. The minimum absolute atomic E-state index is 0.370. The fourth-order valence-corrected chi connectivity index (χ4v) is 2.52. The second-order valence-corrected chi connectivity index (χ2v) is 4.90. The summed E-state index contributed by atoms with van der Waals surface area (Å²) < 4.78 is 0. The van der Waals surface area contributed by atoms with Gasteiger partial charge in [-0.3, -0.25) is 14.4 Å². The van der Waals surface area contributed by atoms with Gasteiger partial charge in [-0.2, -0.15) is 0 Å². The zero-order valence-electron chi connectivity index (χ0n) is 10.3. The summed E-state index contributed by atoms with van der Waals surface area (Å²) in [6.45, 7) is 2.07. The molecule has 2 rings (SSSR count). The summed E-state index contributed by atoms with van der Waals surface area (Å²) in [5.41, 5.74) is 0. The highest BCUT2D eigenvalue weighted by Gasteiger charge is 2.32. The first-order chi connectivity index (χ1) is 8.59. The van der Waals surface area contributed by atoms with Crippen LogP contribution in [0.3, 0.4) is 0 Å². The molecule has 0 saturated carbocycles. The van der Waals surface area contributed by atoms with Crippen LogP contribution in [0, 0.1) is 5.92 Å². The van der Waals surface area contributed by atoms with Crippen LogP contribution in [-0.4, -0.2) is 58.9 Å². The Kier molecular flexibility index (Phi) is 3.84. The van der Waals surface area contributed by atoms with E-state index in [9.17, 15) is 14.4 Å². The average molecular weight is 254 g/mol. The molecular formula is C12H18N2O4. The van der Waals surface area contributed by atoms with Crippen LogP contribution < -0.4 is 0 Å². The molecule has 0 spiro atoms. The van der Waals surface area contributed by atoms with Crippen LogP contribution >= 0.6 is 0 Å². The van der Waals surface area contributed by atoms with E-state index in [1.165, 1.54) is 4.90 Å². The maximum atomic E-state index is 11.9. The second-order valence-electron chi connectivity index (χ2n) is 4.90. The van der Waals surface area contributed by atoms with E-state index in [2.05, 4.69) is 0 Å². The lowest BCUT2D eigenvalue weighted by Gasteiger charge is -2.30. The van der Waals surface area contributed by atoms with E-state index in [4.69, 9.17) is 5.11 Å². The van der Waals surface area contributed by atoms with Gasteiger partial charge in [0.05, 0.1) is 5.92 Å². The molecule has 0 aliphatic carbocycles. The van der Waals surface area contributed by atoms with Crippen LogP contribution in [0.4, 0.5) is 0 Å². The molecule has 0 unspecified atom stereocenters. The van der Waals surface area contributed by atoms with Crippen LogP contribution in [0.2, 0.25) is 0 Å². The quantitative estimate of drug-likeness (QED) is 0.664. The van der Waals surface area contributed by atoms with Crippen molar-refractivity contribution in [2.75, 3.05) is 26.2 Å². The van der Waals surface area contributed by atoms with Gasteiger partial charge in [-0.05, 0) is 25.7 Å². The number of carboxylic acids is 1. The normalized spacial score (nSPS) is 21.1. The topological polar surface area (TPSA) is 77.9 Å². The number of hydrogen-bond donors (Lipinski definition) is 1. The second kappa shape index (κ2) is 5.37. The van der Waals surface area contributed by atoms with Gasteiger partial charge in [0.1, 0.15) is 0 Å². The summed E-state index contributed by atoms with van der Waals surface area (Å²) in [6.07, 6.45) is 2.79. The molecule has 0 radical (unpaired) electrons. The van der Waals surface area contributed by atoms with Gasteiger partial charge in [-0.15, -0.1) is 0 Å². The standard InChI is InChI=1S/C12H18N2O4/c15-10(13-5-1-2-6-13)11(16)14-7-3-9(4-8-14)12(17)18/h9H,1-8H2,(H,17,18). The number of likely N-dealkylation sites (tertiary alicyclic amines) is 2. The van der Waals surface area contributed by atoms with Crippen molar-refractivity contribution in [2.24, 2.45) is 5.92 Å². The Morgan fingerprint density at radius 2 is 1.28 bits per heavy atom. The van der Waals surface area contributed by atoms with E-state index in [1.54, 1.807) is 4.90 Å². The SMILES string of the molecule is O=C(O)C1CCN(C(=O)C(=O)N2CCCC2)CC1. The number of amides is 2. The van der Waals surface area contributed by atoms with Gasteiger partial charge in [-0.1, -0.05) is 0 Å². The van der Waals surface area contributed by atoms with E-state index in [1.807, 2.05) is 0 Å². The monoisotopic (exact) mass is 254 g/mol. The Balaban J connectivity index is 1.87. The van der Waals surface area contributed by atoms with Crippen LogP contribution in [0.25, 0.3) is 0 Å². The average Bonchev–Trinajstić information content (AvgIpc) is 2.91. The maximum Gasteiger partial charge on any atom is 0.312 e. The highest BCUT2D eigenvalue weighted by molar-refractivity contribution is 6.34. The predicted octanol–water partition coefficient (Wildman–Crippen LogP) is -0.0680. The third kappa shape index (κ3) is 2.63. The zero-order valence-corrected chi connectivity index (χ0v) is 10.3. The minimum Gasteiger partial charge on any atom is -0.481 e. The number of piperidine rings is 1. The first-order valence-electron chi connectivity index (χ1n) is 6.40. The van der Waals surface area contributed by atoms with Gasteiger partial charge in [0, 0.05) is 26.2 Å². The number of carbonyl (C=O) groups is 3. The van der Waals surface area contributed by atoms with Crippen LogP contribution in [0.5, 0.6) is 0 Å². The van der Waals surface area contributed by atoms with Crippen LogP contribution in [0.15, 0.2) is 0 Å². The molecule has 2 fully saturated rings. The molecule has 2 aliphatic rings. The van der Waals surface area contributed by atoms with Gasteiger partial charge in [-0.25, -0.2) is 0 Å². The molecule has 0 aromatic carbocycles. The third-order valence-electron chi connectivity index (χ3n) is 3.71. The van der Waals surface area contributed by atoms with Crippen LogP contribution in [-0.2, 0) is 14.4 Å². The summed E-state index contributed by atoms with van der Waals surface area (Å²) in [4.78, 5) is 37.7. The molecule has 100 valence electrons. The molecule has 0 aromatic heterocycles. The smallest absolute Gasteiger partial charge is 0.312 e. The van der Waals surface area contributed by atoms with Crippen molar-refractivity contribution in [1.29, 1.82) is 0 Å². The molecule has 0 aromatic rings. The largest absolute Gasteiger partial charge is 0.481 e. The lowest BCUT2D eigenvalue weighted by molar-refractivity contribution is -0.153. The number of carbonyl (C=O) groups excluding carboxylic acids is 2. The van der Waals surface area contributed by atoms with Crippen molar-refractivity contribution >= 4 is 17.8 Å². The molecule has 1 N–H and O–H groups in total. The van der Waals surface area contributed by atoms with Gasteiger partial charge in [0.2, 0.25) is 0 Å². The van der Waals surface area contributed by atoms with Crippen LogP contribution in [0.1, 0.15) is 25.7 Å². The van der Waals surface area contributed by atoms with Gasteiger partial charge in [0.15, 0.2) is 0 Å². The zero-order chi connectivity index (χ0) is 13.1. The molecule has 2 amide bonds.